The fourth-order valence-corrected chi connectivity index (χ4v) is 2.19. The molecule has 1 aliphatic carbocycles. The van der Waals surface area contributed by atoms with Gasteiger partial charge in [-0.15, -0.1) is 0 Å². The topological polar surface area (TPSA) is 26.3 Å². The molecule has 96 valence electrons. The summed E-state index contributed by atoms with van der Waals surface area (Å²) in [7, 11) is 0. The number of fused-ring (bicyclic) bond motifs is 1. The monoisotopic (exact) mass is 244 g/mol. The molecule has 0 saturated carbocycles. The Morgan fingerprint density at radius 1 is 1.22 bits per heavy atom. The minimum Gasteiger partial charge on any atom is -0.491 e. The zero-order chi connectivity index (χ0) is 13.3. The molecule has 0 aromatic heterocycles. The van der Waals surface area contributed by atoms with Crippen molar-refractivity contribution in [3.05, 3.63) is 34.9 Å². The van der Waals surface area contributed by atoms with Gasteiger partial charge in [0.25, 0.3) is 0 Å². The fraction of sp³-hybridized carbons (Fsp3) is 0.438. The molecule has 2 heteroatoms. The SMILES string of the molecule is CC(C)Oc1ccc2c(c1)CC(C(=O)C(C)C)=C2. The molecule has 2 rings (SSSR count). The number of ketones is 1. The second-order valence-electron chi connectivity index (χ2n) is 5.39. The van der Waals surface area contributed by atoms with E-state index in [-0.39, 0.29) is 17.8 Å². The van der Waals surface area contributed by atoms with E-state index >= 15 is 0 Å². The van der Waals surface area contributed by atoms with Gasteiger partial charge in [0.2, 0.25) is 0 Å². The predicted octanol–water partition coefficient (Wildman–Crippen LogP) is 3.64. The molecule has 0 N–H and O–H groups in total. The van der Waals surface area contributed by atoms with Gasteiger partial charge in [-0.2, -0.15) is 0 Å². The predicted molar refractivity (Wildman–Crippen MR) is 73.7 cm³/mol. The Balaban J connectivity index is 2.18. The summed E-state index contributed by atoms with van der Waals surface area (Å²) in [6.07, 6.45) is 2.92. The van der Waals surface area contributed by atoms with Crippen LogP contribution in [-0.4, -0.2) is 11.9 Å². The maximum Gasteiger partial charge on any atom is 0.161 e. The zero-order valence-electron chi connectivity index (χ0n) is 11.5. The van der Waals surface area contributed by atoms with Gasteiger partial charge in [0, 0.05) is 17.9 Å². The Kier molecular flexibility index (Phi) is 3.55. The van der Waals surface area contributed by atoms with Crippen LogP contribution in [0.2, 0.25) is 0 Å². The smallest absolute Gasteiger partial charge is 0.161 e. The van der Waals surface area contributed by atoms with Crippen LogP contribution in [-0.2, 0) is 11.2 Å². The highest BCUT2D eigenvalue weighted by atomic mass is 16.5. The third-order valence-corrected chi connectivity index (χ3v) is 3.04. The van der Waals surface area contributed by atoms with Crippen LogP contribution in [0, 0.1) is 5.92 Å². The summed E-state index contributed by atoms with van der Waals surface area (Å²) in [5.41, 5.74) is 3.26. The first-order chi connectivity index (χ1) is 8.47. The van der Waals surface area contributed by atoms with Crippen molar-refractivity contribution >= 4 is 11.9 Å². The van der Waals surface area contributed by atoms with Gasteiger partial charge >= 0.3 is 0 Å². The highest BCUT2D eigenvalue weighted by molar-refractivity contribution is 6.02. The van der Waals surface area contributed by atoms with Gasteiger partial charge in [-0.05, 0) is 43.2 Å². The van der Waals surface area contributed by atoms with E-state index in [9.17, 15) is 4.79 Å². The standard InChI is InChI=1S/C16H20O2/c1-10(2)16(17)14-7-12-5-6-15(18-11(3)4)9-13(12)8-14/h5-7,9-11H,8H2,1-4H3. The number of hydrogen-bond acceptors (Lipinski definition) is 2. The normalized spacial score (nSPS) is 13.8. The third-order valence-electron chi connectivity index (χ3n) is 3.04. The van der Waals surface area contributed by atoms with E-state index in [1.807, 2.05) is 52.0 Å². The summed E-state index contributed by atoms with van der Waals surface area (Å²) in [6.45, 7) is 7.91. The summed E-state index contributed by atoms with van der Waals surface area (Å²) in [6, 6.07) is 6.05. The van der Waals surface area contributed by atoms with E-state index in [4.69, 9.17) is 4.74 Å². The first-order valence-corrected chi connectivity index (χ1v) is 6.51. The minimum absolute atomic E-state index is 0.0666. The number of benzene rings is 1. The highest BCUT2D eigenvalue weighted by Crippen LogP contribution is 2.30. The van der Waals surface area contributed by atoms with Gasteiger partial charge in [-0.3, -0.25) is 4.79 Å². The van der Waals surface area contributed by atoms with Crippen LogP contribution in [0.15, 0.2) is 23.8 Å². The first-order valence-electron chi connectivity index (χ1n) is 6.51. The van der Waals surface area contributed by atoms with Crippen molar-refractivity contribution in [2.75, 3.05) is 0 Å². The molecule has 0 radical (unpaired) electrons. The van der Waals surface area contributed by atoms with Crippen molar-refractivity contribution in [2.24, 2.45) is 5.92 Å². The molecular weight excluding hydrogens is 224 g/mol. The zero-order valence-corrected chi connectivity index (χ0v) is 11.5. The average Bonchev–Trinajstić information content (AvgIpc) is 2.69. The average molecular weight is 244 g/mol. The van der Waals surface area contributed by atoms with Crippen LogP contribution in [0.25, 0.3) is 6.08 Å². The first kappa shape index (κ1) is 12.9. The Bertz CT molecular complexity index is 496. The Hall–Kier alpha value is -1.57. The Morgan fingerprint density at radius 3 is 2.56 bits per heavy atom. The largest absolute Gasteiger partial charge is 0.491 e. The minimum atomic E-state index is 0.0666. The molecule has 1 aromatic rings. The quantitative estimate of drug-likeness (QED) is 0.808. The summed E-state index contributed by atoms with van der Waals surface area (Å²) < 4.78 is 5.67. The van der Waals surface area contributed by atoms with Gasteiger partial charge in [0.1, 0.15) is 5.75 Å². The molecular formula is C16H20O2. The highest BCUT2D eigenvalue weighted by Gasteiger charge is 2.20. The lowest BCUT2D eigenvalue weighted by atomic mass is 10.00. The van der Waals surface area contributed by atoms with Crippen LogP contribution < -0.4 is 4.74 Å². The van der Waals surface area contributed by atoms with Crippen molar-refractivity contribution in [1.29, 1.82) is 0 Å². The van der Waals surface area contributed by atoms with Crippen LogP contribution in [0.4, 0.5) is 0 Å². The van der Waals surface area contributed by atoms with Gasteiger partial charge in [0.05, 0.1) is 6.10 Å². The van der Waals surface area contributed by atoms with Gasteiger partial charge < -0.3 is 4.74 Å². The molecule has 0 spiro atoms. The second kappa shape index (κ2) is 4.97. The van der Waals surface area contributed by atoms with E-state index in [1.165, 1.54) is 5.56 Å². The van der Waals surface area contributed by atoms with Crippen molar-refractivity contribution in [3.8, 4) is 5.75 Å². The molecule has 0 heterocycles. The number of rotatable bonds is 4. The third kappa shape index (κ3) is 2.63. The lowest BCUT2D eigenvalue weighted by molar-refractivity contribution is -0.118. The van der Waals surface area contributed by atoms with E-state index < -0.39 is 0 Å². The van der Waals surface area contributed by atoms with E-state index in [1.54, 1.807) is 0 Å². The van der Waals surface area contributed by atoms with E-state index in [0.717, 1.165) is 23.3 Å². The van der Waals surface area contributed by atoms with E-state index in [2.05, 4.69) is 0 Å². The molecule has 0 saturated heterocycles. The second-order valence-corrected chi connectivity index (χ2v) is 5.39. The number of Topliss-reactive ketones (excluding diaryl/α,β-unsaturated/α-hetero) is 1. The number of hydrogen-bond donors (Lipinski definition) is 0. The number of carbonyl (C=O) groups is 1. The molecule has 2 nitrogen and oxygen atoms in total. The molecule has 0 bridgehead atoms. The Labute approximate surface area is 109 Å². The maximum atomic E-state index is 12.0. The number of allylic oxidation sites excluding steroid dienone is 1. The van der Waals surface area contributed by atoms with Gasteiger partial charge in [-0.25, -0.2) is 0 Å². The molecule has 0 fully saturated rings. The van der Waals surface area contributed by atoms with Crippen molar-refractivity contribution in [3.63, 3.8) is 0 Å². The van der Waals surface area contributed by atoms with E-state index in [0.29, 0.717) is 0 Å². The lowest BCUT2D eigenvalue weighted by Crippen LogP contribution is -2.10. The summed E-state index contributed by atoms with van der Waals surface area (Å²) >= 11 is 0. The Morgan fingerprint density at radius 2 is 1.94 bits per heavy atom. The number of carbonyl (C=O) groups excluding carboxylic acids is 1. The molecule has 18 heavy (non-hydrogen) atoms. The van der Waals surface area contributed by atoms with Crippen molar-refractivity contribution in [2.45, 2.75) is 40.2 Å². The maximum absolute atomic E-state index is 12.0. The van der Waals surface area contributed by atoms with Crippen molar-refractivity contribution < 1.29 is 9.53 Å². The van der Waals surface area contributed by atoms with Crippen LogP contribution in [0.5, 0.6) is 5.75 Å². The van der Waals surface area contributed by atoms with Gasteiger partial charge in [-0.1, -0.05) is 19.9 Å². The van der Waals surface area contributed by atoms with Crippen LogP contribution >= 0.6 is 0 Å². The fourth-order valence-electron chi connectivity index (χ4n) is 2.19. The van der Waals surface area contributed by atoms with Crippen LogP contribution in [0.1, 0.15) is 38.8 Å². The number of ether oxygens (including phenoxy) is 1. The van der Waals surface area contributed by atoms with Crippen molar-refractivity contribution in [1.82, 2.24) is 0 Å². The molecule has 0 unspecified atom stereocenters. The molecule has 0 aliphatic heterocycles. The van der Waals surface area contributed by atoms with Crippen LogP contribution in [0.3, 0.4) is 0 Å². The summed E-state index contributed by atoms with van der Waals surface area (Å²) in [5, 5.41) is 0. The molecule has 1 aliphatic rings. The lowest BCUT2D eigenvalue weighted by Gasteiger charge is -2.10. The molecule has 1 aromatic carbocycles. The molecule has 0 atom stereocenters. The summed E-state index contributed by atoms with van der Waals surface area (Å²) in [4.78, 5) is 12.0. The van der Waals surface area contributed by atoms with Gasteiger partial charge in [0.15, 0.2) is 5.78 Å². The molecule has 0 amide bonds. The summed E-state index contributed by atoms with van der Waals surface area (Å²) in [5.74, 6) is 1.20.